The molecule has 0 spiro atoms. The van der Waals surface area contributed by atoms with E-state index in [2.05, 4.69) is 0 Å². The number of carbonyl (C=O) groups is 1. The third kappa shape index (κ3) is 2.58. The fraction of sp³-hybridized carbons (Fsp3) is 0. The lowest BCUT2D eigenvalue weighted by molar-refractivity contribution is 0.112. The summed E-state index contributed by atoms with van der Waals surface area (Å²) in [4.78, 5) is 12.3. The molecule has 0 saturated heterocycles. The smallest absolute Gasteiger partial charge is 0.213 e. The number of aromatic hydroxyl groups is 2. The van der Waals surface area contributed by atoms with E-state index < -0.39 is 0 Å². The van der Waals surface area contributed by atoms with Gasteiger partial charge in [-0.05, 0) is 18.2 Å². The molecule has 1 aromatic heterocycles. The first-order valence-electron chi connectivity index (χ1n) is 6.62. The Balaban J connectivity index is 2.02. The summed E-state index contributed by atoms with van der Waals surface area (Å²) in [7, 11) is 0. The third-order valence-electron chi connectivity index (χ3n) is 3.20. The lowest BCUT2D eigenvalue weighted by atomic mass is 10.2. The first-order chi connectivity index (χ1) is 10.7. The molecular formula is C17H13NO3S. The SMILES string of the molecule is O=Cc1ccccc1Sc1cc(O)n(-c2ccccc2)c1O. The first-order valence-corrected chi connectivity index (χ1v) is 7.43. The van der Waals surface area contributed by atoms with Gasteiger partial charge in [-0.3, -0.25) is 9.36 Å². The van der Waals surface area contributed by atoms with Crippen molar-refractivity contribution in [3.8, 4) is 17.4 Å². The predicted molar refractivity (Wildman–Crippen MR) is 85.1 cm³/mol. The van der Waals surface area contributed by atoms with Crippen LogP contribution in [0.3, 0.4) is 0 Å². The zero-order chi connectivity index (χ0) is 15.5. The van der Waals surface area contributed by atoms with Crippen molar-refractivity contribution in [3.63, 3.8) is 0 Å². The van der Waals surface area contributed by atoms with Gasteiger partial charge in [-0.2, -0.15) is 0 Å². The second-order valence-electron chi connectivity index (χ2n) is 4.62. The van der Waals surface area contributed by atoms with Crippen molar-refractivity contribution in [3.05, 3.63) is 66.2 Å². The van der Waals surface area contributed by atoms with E-state index >= 15 is 0 Å². The Labute approximate surface area is 131 Å². The molecule has 0 atom stereocenters. The normalized spacial score (nSPS) is 10.5. The largest absolute Gasteiger partial charge is 0.494 e. The minimum absolute atomic E-state index is 0.0604. The molecular weight excluding hydrogens is 298 g/mol. The molecule has 0 aliphatic heterocycles. The van der Waals surface area contributed by atoms with Gasteiger partial charge in [-0.25, -0.2) is 0 Å². The molecule has 2 aromatic carbocycles. The quantitative estimate of drug-likeness (QED) is 0.718. The molecule has 3 rings (SSSR count). The summed E-state index contributed by atoms with van der Waals surface area (Å²) in [5, 5.41) is 20.5. The van der Waals surface area contributed by atoms with Crippen LogP contribution in [0.4, 0.5) is 0 Å². The molecule has 0 unspecified atom stereocenters. The minimum atomic E-state index is -0.0607. The highest BCUT2D eigenvalue weighted by atomic mass is 32.2. The topological polar surface area (TPSA) is 62.5 Å². The summed E-state index contributed by atoms with van der Waals surface area (Å²) >= 11 is 1.23. The monoisotopic (exact) mass is 311 g/mol. The highest BCUT2D eigenvalue weighted by Gasteiger charge is 2.17. The zero-order valence-electron chi connectivity index (χ0n) is 11.5. The third-order valence-corrected chi connectivity index (χ3v) is 4.31. The van der Waals surface area contributed by atoms with Gasteiger partial charge < -0.3 is 10.2 Å². The summed E-state index contributed by atoms with van der Waals surface area (Å²) in [6, 6.07) is 17.7. The van der Waals surface area contributed by atoms with E-state index in [1.807, 2.05) is 24.3 Å². The average molecular weight is 311 g/mol. The Morgan fingerprint density at radius 1 is 0.909 bits per heavy atom. The number of nitrogens with zero attached hydrogens (tertiary/aromatic N) is 1. The van der Waals surface area contributed by atoms with Gasteiger partial charge in [0.2, 0.25) is 5.88 Å². The Kier molecular flexibility index (Phi) is 3.89. The number of hydrogen-bond donors (Lipinski definition) is 2. The number of carbonyl (C=O) groups excluding carboxylic acids is 1. The van der Waals surface area contributed by atoms with E-state index in [1.165, 1.54) is 22.4 Å². The van der Waals surface area contributed by atoms with Gasteiger partial charge in [-0.1, -0.05) is 48.2 Å². The standard InChI is InChI=1S/C17H13NO3S/c19-11-12-6-4-5-9-14(12)22-15-10-16(20)18(17(15)21)13-7-2-1-3-8-13/h1-11,20-21H. The van der Waals surface area contributed by atoms with Crippen LogP contribution in [-0.2, 0) is 0 Å². The Morgan fingerprint density at radius 3 is 2.32 bits per heavy atom. The van der Waals surface area contributed by atoms with Crippen molar-refractivity contribution in [1.82, 2.24) is 4.57 Å². The van der Waals surface area contributed by atoms with Crippen LogP contribution in [0.1, 0.15) is 10.4 Å². The van der Waals surface area contributed by atoms with Crippen LogP contribution >= 0.6 is 11.8 Å². The Hall–Kier alpha value is -2.66. The number of aromatic nitrogens is 1. The molecule has 110 valence electrons. The van der Waals surface area contributed by atoms with Gasteiger partial charge in [0.15, 0.2) is 12.2 Å². The molecule has 22 heavy (non-hydrogen) atoms. The van der Waals surface area contributed by atoms with Crippen LogP contribution in [-0.4, -0.2) is 21.1 Å². The number of para-hydroxylation sites is 1. The minimum Gasteiger partial charge on any atom is -0.494 e. The van der Waals surface area contributed by atoms with E-state index in [1.54, 1.807) is 30.3 Å². The van der Waals surface area contributed by atoms with Gasteiger partial charge in [0.25, 0.3) is 0 Å². The molecule has 0 fully saturated rings. The molecule has 0 amide bonds. The van der Waals surface area contributed by atoms with Crippen molar-refractivity contribution in [2.75, 3.05) is 0 Å². The van der Waals surface area contributed by atoms with Crippen molar-refractivity contribution < 1.29 is 15.0 Å². The number of aldehydes is 1. The molecule has 0 radical (unpaired) electrons. The summed E-state index contributed by atoms with van der Waals surface area (Å²) in [5.41, 5.74) is 1.20. The molecule has 2 N–H and O–H groups in total. The lowest BCUT2D eigenvalue weighted by Gasteiger charge is -2.07. The van der Waals surface area contributed by atoms with Gasteiger partial charge >= 0.3 is 0 Å². The van der Waals surface area contributed by atoms with Crippen LogP contribution in [0.25, 0.3) is 5.69 Å². The van der Waals surface area contributed by atoms with E-state index in [-0.39, 0.29) is 11.8 Å². The molecule has 0 aliphatic carbocycles. The average Bonchev–Trinajstić information content (AvgIpc) is 2.83. The maximum Gasteiger partial charge on any atom is 0.213 e. The summed E-state index contributed by atoms with van der Waals surface area (Å²) in [6.45, 7) is 0. The highest BCUT2D eigenvalue weighted by molar-refractivity contribution is 7.99. The maximum atomic E-state index is 11.1. The van der Waals surface area contributed by atoms with Crippen LogP contribution in [0.15, 0.2) is 70.5 Å². The summed E-state index contributed by atoms with van der Waals surface area (Å²) in [5.74, 6) is -0.121. The Morgan fingerprint density at radius 2 is 1.59 bits per heavy atom. The van der Waals surface area contributed by atoms with E-state index in [9.17, 15) is 15.0 Å². The summed E-state index contributed by atoms with van der Waals surface area (Å²) in [6.07, 6.45) is 0.771. The molecule has 1 heterocycles. The first kappa shape index (κ1) is 14.3. The van der Waals surface area contributed by atoms with E-state index in [0.29, 0.717) is 16.1 Å². The van der Waals surface area contributed by atoms with Gasteiger partial charge in [0.1, 0.15) is 0 Å². The molecule has 4 nitrogen and oxygen atoms in total. The second-order valence-corrected chi connectivity index (χ2v) is 5.70. The van der Waals surface area contributed by atoms with Crippen molar-refractivity contribution in [2.45, 2.75) is 9.79 Å². The van der Waals surface area contributed by atoms with Gasteiger partial charge in [0.05, 0.1) is 10.6 Å². The Bertz CT molecular complexity index is 812. The fourth-order valence-corrected chi connectivity index (χ4v) is 3.13. The molecule has 0 aliphatic rings. The highest BCUT2D eigenvalue weighted by Crippen LogP contribution is 2.41. The van der Waals surface area contributed by atoms with Crippen LogP contribution < -0.4 is 0 Å². The zero-order valence-corrected chi connectivity index (χ0v) is 12.3. The predicted octanol–water partition coefficient (Wildman–Crippen LogP) is 3.85. The number of rotatable bonds is 4. The van der Waals surface area contributed by atoms with Crippen molar-refractivity contribution in [1.29, 1.82) is 0 Å². The lowest BCUT2D eigenvalue weighted by Crippen LogP contribution is -1.91. The molecule has 0 bridgehead atoms. The number of hydrogen-bond acceptors (Lipinski definition) is 4. The van der Waals surface area contributed by atoms with Gasteiger partial charge in [0, 0.05) is 16.5 Å². The van der Waals surface area contributed by atoms with E-state index in [0.717, 1.165) is 11.2 Å². The fourth-order valence-electron chi connectivity index (χ4n) is 2.16. The van der Waals surface area contributed by atoms with Crippen LogP contribution in [0, 0.1) is 0 Å². The molecule has 5 heteroatoms. The van der Waals surface area contributed by atoms with Crippen LogP contribution in [0.2, 0.25) is 0 Å². The van der Waals surface area contributed by atoms with E-state index in [4.69, 9.17) is 0 Å². The molecule has 0 saturated carbocycles. The second kappa shape index (κ2) is 5.99. The van der Waals surface area contributed by atoms with Gasteiger partial charge in [-0.15, -0.1) is 0 Å². The maximum absolute atomic E-state index is 11.1. The number of benzene rings is 2. The van der Waals surface area contributed by atoms with Crippen LogP contribution in [0.5, 0.6) is 11.8 Å². The van der Waals surface area contributed by atoms with Crippen molar-refractivity contribution >= 4 is 18.0 Å². The molecule has 3 aromatic rings. The van der Waals surface area contributed by atoms with Crippen molar-refractivity contribution in [2.24, 2.45) is 0 Å². The summed E-state index contributed by atoms with van der Waals surface area (Å²) < 4.78 is 1.35.